The van der Waals surface area contributed by atoms with E-state index in [4.69, 9.17) is 18.9 Å². The van der Waals surface area contributed by atoms with E-state index in [1.807, 2.05) is 0 Å². The Balaban J connectivity index is 1.43. The molecule has 0 spiro atoms. The van der Waals surface area contributed by atoms with Crippen LogP contribution in [0.4, 0.5) is 0 Å². The molecule has 33 heavy (non-hydrogen) atoms. The lowest BCUT2D eigenvalue weighted by atomic mass is 10.1. The zero-order chi connectivity index (χ0) is 23.4. The van der Waals surface area contributed by atoms with Crippen molar-refractivity contribution < 1.29 is 33.3 Å². The Kier molecular flexibility index (Phi) is 6.11. The zero-order valence-corrected chi connectivity index (χ0v) is 17.7. The summed E-state index contributed by atoms with van der Waals surface area (Å²) >= 11 is 0. The first-order chi connectivity index (χ1) is 16.0. The normalized spacial score (nSPS) is 12.4. The fourth-order valence-corrected chi connectivity index (χ4v) is 3.10. The molecule has 168 valence electrons. The second-order valence-electron chi connectivity index (χ2n) is 6.63. The van der Waals surface area contributed by atoms with E-state index >= 15 is 0 Å². The predicted octanol–water partition coefficient (Wildman–Crippen LogP) is 2.13. The fourth-order valence-electron chi connectivity index (χ4n) is 3.10. The van der Waals surface area contributed by atoms with E-state index in [1.54, 1.807) is 30.3 Å². The monoisotopic (exact) mass is 450 g/mol. The number of benzene rings is 1. The molecule has 11 heteroatoms. The SMILES string of the molecule is COc1cc(OC)nc(Oc2cccnc2C(=O)OCCN2C(=O)c3ccccc3C2=O)n1. The van der Waals surface area contributed by atoms with Crippen LogP contribution in [0.25, 0.3) is 0 Å². The Labute approximate surface area is 187 Å². The third-order valence-electron chi connectivity index (χ3n) is 4.67. The molecule has 0 aliphatic carbocycles. The summed E-state index contributed by atoms with van der Waals surface area (Å²) in [6.07, 6.45) is 1.39. The molecule has 0 fully saturated rings. The minimum absolute atomic E-state index is 0.0403. The van der Waals surface area contributed by atoms with E-state index in [9.17, 15) is 14.4 Å². The van der Waals surface area contributed by atoms with Gasteiger partial charge in [-0.1, -0.05) is 12.1 Å². The highest BCUT2D eigenvalue weighted by Crippen LogP contribution is 2.26. The second-order valence-corrected chi connectivity index (χ2v) is 6.63. The summed E-state index contributed by atoms with van der Waals surface area (Å²) < 4.78 is 21.0. The molecular formula is C22H18N4O7. The average Bonchev–Trinajstić information content (AvgIpc) is 3.09. The van der Waals surface area contributed by atoms with E-state index in [0.717, 1.165) is 4.90 Å². The molecule has 1 aromatic carbocycles. The van der Waals surface area contributed by atoms with Crippen LogP contribution in [0.1, 0.15) is 31.2 Å². The summed E-state index contributed by atoms with van der Waals surface area (Å²) in [6, 6.07) is 10.9. The lowest BCUT2D eigenvalue weighted by Gasteiger charge is -2.14. The lowest BCUT2D eigenvalue weighted by Crippen LogP contribution is -2.33. The first-order valence-corrected chi connectivity index (χ1v) is 9.74. The molecular weight excluding hydrogens is 432 g/mol. The first-order valence-electron chi connectivity index (χ1n) is 9.74. The van der Waals surface area contributed by atoms with Crippen LogP contribution in [0.3, 0.4) is 0 Å². The minimum atomic E-state index is -0.808. The molecule has 0 saturated heterocycles. The van der Waals surface area contributed by atoms with Crippen molar-refractivity contribution in [1.82, 2.24) is 19.9 Å². The summed E-state index contributed by atoms with van der Waals surface area (Å²) in [7, 11) is 2.85. The maximum atomic E-state index is 12.6. The quantitative estimate of drug-likeness (QED) is 0.372. The fraction of sp³-hybridized carbons (Fsp3) is 0.182. The van der Waals surface area contributed by atoms with Gasteiger partial charge in [-0.2, -0.15) is 9.97 Å². The number of hydrogen-bond acceptors (Lipinski definition) is 10. The number of carbonyl (C=O) groups excluding carboxylic acids is 3. The molecule has 2 amide bonds. The molecule has 0 atom stereocenters. The van der Waals surface area contributed by atoms with Crippen LogP contribution in [0, 0.1) is 0 Å². The van der Waals surface area contributed by atoms with Gasteiger partial charge in [-0.05, 0) is 24.3 Å². The molecule has 3 heterocycles. The predicted molar refractivity (Wildman–Crippen MR) is 112 cm³/mol. The van der Waals surface area contributed by atoms with Crippen LogP contribution in [0.15, 0.2) is 48.7 Å². The van der Waals surface area contributed by atoms with E-state index in [-0.39, 0.29) is 42.4 Å². The number of aromatic nitrogens is 3. The maximum Gasteiger partial charge on any atom is 0.360 e. The van der Waals surface area contributed by atoms with Crippen molar-refractivity contribution in [2.24, 2.45) is 0 Å². The summed E-state index contributed by atoms with van der Waals surface area (Å²) in [4.78, 5) is 50.6. The summed E-state index contributed by atoms with van der Waals surface area (Å²) in [5.41, 5.74) is 0.510. The topological polar surface area (TPSA) is 130 Å². The van der Waals surface area contributed by atoms with Gasteiger partial charge in [0.1, 0.15) is 6.61 Å². The number of nitrogens with zero attached hydrogens (tertiary/aromatic N) is 4. The molecule has 0 unspecified atom stereocenters. The Hall–Kier alpha value is -4.54. The lowest BCUT2D eigenvalue weighted by molar-refractivity contribution is 0.0413. The van der Waals surface area contributed by atoms with Crippen molar-refractivity contribution in [3.63, 3.8) is 0 Å². The Bertz CT molecular complexity index is 1170. The zero-order valence-electron chi connectivity index (χ0n) is 17.7. The highest BCUT2D eigenvalue weighted by Gasteiger charge is 2.35. The van der Waals surface area contributed by atoms with Crippen molar-refractivity contribution >= 4 is 17.8 Å². The van der Waals surface area contributed by atoms with Gasteiger partial charge < -0.3 is 18.9 Å². The van der Waals surface area contributed by atoms with Crippen molar-refractivity contribution in [3.05, 3.63) is 65.5 Å². The molecule has 2 aromatic heterocycles. The molecule has 4 rings (SSSR count). The van der Waals surface area contributed by atoms with Crippen LogP contribution in [0.2, 0.25) is 0 Å². The smallest absolute Gasteiger partial charge is 0.360 e. The van der Waals surface area contributed by atoms with E-state index in [1.165, 1.54) is 32.5 Å². The molecule has 0 bridgehead atoms. The van der Waals surface area contributed by atoms with Gasteiger partial charge in [-0.15, -0.1) is 0 Å². The van der Waals surface area contributed by atoms with Gasteiger partial charge in [0.15, 0.2) is 11.4 Å². The van der Waals surface area contributed by atoms with E-state index in [0.29, 0.717) is 11.1 Å². The second kappa shape index (κ2) is 9.30. The third-order valence-corrected chi connectivity index (χ3v) is 4.67. The number of amides is 2. The summed E-state index contributed by atoms with van der Waals surface area (Å²) in [5, 5.41) is 0. The van der Waals surface area contributed by atoms with Gasteiger partial charge in [-0.3, -0.25) is 14.5 Å². The highest BCUT2D eigenvalue weighted by atomic mass is 16.5. The average molecular weight is 450 g/mol. The van der Waals surface area contributed by atoms with Gasteiger partial charge >= 0.3 is 12.0 Å². The number of ether oxygens (including phenoxy) is 4. The number of imide groups is 1. The van der Waals surface area contributed by atoms with Crippen molar-refractivity contribution in [1.29, 1.82) is 0 Å². The van der Waals surface area contributed by atoms with Crippen LogP contribution >= 0.6 is 0 Å². The number of esters is 1. The molecule has 1 aliphatic rings. The van der Waals surface area contributed by atoms with Crippen LogP contribution in [-0.2, 0) is 4.74 Å². The third kappa shape index (κ3) is 4.42. The Morgan fingerprint density at radius 1 is 0.939 bits per heavy atom. The van der Waals surface area contributed by atoms with Gasteiger partial charge in [0, 0.05) is 6.20 Å². The number of rotatable bonds is 8. The Morgan fingerprint density at radius 2 is 1.58 bits per heavy atom. The molecule has 0 saturated carbocycles. The Morgan fingerprint density at radius 3 is 2.18 bits per heavy atom. The first kappa shape index (κ1) is 21.7. The summed E-state index contributed by atoms with van der Waals surface area (Å²) in [6.45, 7) is -0.318. The van der Waals surface area contributed by atoms with Crippen molar-refractivity contribution in [3.8, 4) is 23.5 Å². The van der Waals surface area contributed by atoms with Crippen LogP contribution in [0.5, 0.6) is 23.5 Å². The van der Waals surface area contributed by atoms with Gasteiger partial charge in [0.2, 0.25) is 11.8 Å². The summed E-state index contributed by atoms with van der Waals surface area (Å²) in [5.74, 6) is -1.23. The van der Waals surface area contributed by atoms with E-state index < -0.39 is 17.8 Å². The maximum absolute atomic E-state index is 12.6. The number of fused-ring (bicyclic) bond motifs is 1. The van der Waals surface area contributed by atoms with Gasteiger partial charge in [-0.25, -0.2) is 9.78 Å². The van der Waals surface area contributed by atoms with Crippen LogP contribution < -0.4 is 14.2 Å². The number of carbonyl (C=O) groups is 3. The molecule has 0 N–H and O–H groups in total. The van der Waals surface area contributed by atoms with Gasteiger partial charge in [0.05, 0.1) is 38.0 Å². The largest absolute Gasteiger partial charge is 0.481 e. The minimum Gasteiger partial charge on any atom is -0.481 e. The highest BCUT2D eigenvalue weighted by molar-refractivity contribution is 6.21. The molecule has 3 aromatic rings. The molecule has 11 nitrogen and oxygen atoms in total. The van der Waals surface area contributed by atoms with Gasteiger partial charge in [0.25, 0.3) is 11.8 Å². The van der Waals surface area contributed by atoms with Crippen LogP contribution in [-0.4, -0.2) is 65.0 Å². The number of hydrogen-bond donors (Lipinski definition) is 0. The molecule has 1 aliphatic heterocycles. The van der Waals surface area contributed by atoms with Crippen molar-refractivity contribution in [2.75, 3.05) is 27.4 Å². The number of pyridine rings is 1. The van der Waals surface area contributed by atoms with E-state index in [2.05, 4.69) is 15.0 Å². The number of methoxy groups -OCH3 is 2. The standard InChI is InChI=1S/C22H18N4O7/c1-30-16-12-17(31-2)25-22(24-16)33-15-8-5-9-23-18(15)21(29)32-11-10-26-19(27)13-6-3-4-7-14(13)20(26)28/h3-9,12H,10-11H2,1-2H3. The molecule has 0 radical (unpaired) electrons. The van der Waals surface area contributed by atoms with Crippen molar-refractivity contribution in [2.45, 2.75) is 0 Å².